The number of carbonyl (C=O) groups is 3. The number of amides is 3. The van der Waals surface area contributed by atoms with Crippen molar-refractivity contribution in [1.82, 2.24) is 10.7 Å². The van der Waals surface area contributed by atoms with E-state index in [0.717, 1.165) is 17.0 Å². The summed E-state index contributed by atoms with van der Waals surface area (Å²) < 4.78 is 0. The van der Waals surface area contributed by atoms with Gasteiger partial charge in [-0.3, -0.25) is 14.4 Å². The Labute approximate surface area is 150 Å². The molecule has 0 spiro atoms. The van der Waals surface area contributed by atoms with Crippen LogP contribution < -0.4 is 16.1 Å². The Morgan fingerprint density at radius 2 is 2.00 bits per heavy atom. The Bertz CT molecular complexity index is 717. The van der Waals surface area contributed by atoms with Crippen molar-refractivity contribution in [2.24, 2.45) is 11.0 Å². The first-order valence-corrected chi connectivity index (χ1v) is 9.33. The molecule has 0 saturated carbocycles. The molecular formula is C17H20N4O3S. The molecule has 0 bridgehead atoms. The van der Waals surface area contributed by atoms with Crippen LogP contribution in [0.25, 0.3) is 0 Å². The molecule has 7 nitrogen and oxygen atoms in total. The number of thioether (sulfide) groups is 1. The van der Waals surface area contributed by atoms with Crippen molar-refractivity contribution in [1.29, 1.82) is 0 Å². The maximum absolute atomic E-state index is 12.3. The molecule has 132 valence electrons. The van der Waals surface area contributed by atoms with Gasteiger partial charge in [-0.2, -0.15) is 16.9 Å². The molecule has 2 atom stereocenters. The number of carbonyl (C=O) groups excluding carboxylic acids is 3. The Morgan fingerprint density at radius 1 is 1.24 bits per heavy atom. The summed E-state index contributed by atoms with van der Waals surface area (Å²) in [4.78, 5) is 35.2. The van der Waals surface area contributed by atoms with Crippen LogP contribution in [-0.2, 0) is 14.4 Å². The average molecular weight is 360 g/mol. The molecule has 2 aliphatic heterocycles. The first-order valence-electron chi connectivity index (χ1n) is 8.18. The van der Waals surface area contributed by atoms with Crippen LogP contribution in [0, 0.1) is 5.92 Å². The van der Waals surface area contributed by atoms with Crippen molar-refractivity contribution in [2.75, 3.05) is 16.8 Å². The molecule has 1 aromatic carbocycles. The van der Waals surface area contributed by atoms with E-state index in [4.69, 9.17) is 0 Å². The molecule has 0 aromatic heterocycles. The second-order valence-corrected chi connectivity index (χ2v) is 7.30. The van der Waals surface area contributed by atoms with E-state index < -0.39 is 6.04 Å². The minimum absolute atomic E-state index is 0.0485. The van der Waals surface area contributed by atoms with E-state index in [-0.39, 0.29) is 23.6 Å². The molecule has 3 N–H and O–H groups in total. The highest BCUT2D eigenvalue weighted by atomic mass is 32.2. The van der Waals surface area contributed by atoms with E-state index in [1.165, 1.54) is 0 Å². The van der Waals surface area contributed by atoms with E-state index in [0.29, 0.717) is 24.3 Å². The summed E-state index contributed by atoms with van der Waals surface area (Å²) in [5.41, 5.74) is 4.89. The standard InChI is InChI=1S/C17H20N4O3S/c1-10-8-15(23)20-21-16(10)11-2-4-12(5-3-11)18-17(24)13-9-25-7-6-14(22)19-13/h2-5,10,13H,6-9H2,1H3,(H,18,24)(H,19,22)(H,20,23). The van der Waals surface area contributed by atoms with Crippen molar-refractivity contribution < 1.29 is 14.4 Å². The third kappa shape index (κ3) is 4.39. The van der Waals surface area contributed by atoms with Gasteiger partial charge in [0, 0.05) is 36.0 Å². The van der Waals surface area contributed by atoms with Crippen LogP contribution >= 0.6 is 11.8 Å². The maximum atomic E-state index is 12.3. The normalized spacial score (nSPS) is 23.8. The highest BCUT2D eigenvalue weighted by Crippen LogP contribution is 2.19. The van der Waals surface area contributed by atoms with Gasteiger partial charge in [-0.05, 0) is 17.7 Å². The Morgan fingerprint density at radius 3 is 2.72 bits per heavy atom. The Balaban J connectivity index is 1.65. The van der Waals surface area contributed by atoms with Gasteiger partial charge in [0.2, 0.25) is 17.7 Å². The molecule has 3 amide bonds. The zero-order chi connectivity index (χ0) is 17.8. The summed E-state index contributed by atoms with van der Waals surface area (Å²) in [5.74, 6) is 0.971. The number of hydrazone groups is 1. The predicted octanol–water partition coefficient (Wildman–Crippen LogP) is 1.11. The molecule has 2 unspecified atom stereocenters. The van der Waals surface area contributed by atoms with Crippen molar-refractivity contribution in [3.05, 3.63) is 29.8 Å². The number of rotatable bonds is 3. The van der Waals surface area contributed by atoms with E-state index >= 15 is 0 Å². The molecule has 1 fully saturated rings. The summed E-state index contributed by atoms with van der Waals surface area (Å²) in [6, 6.07) is 6.80. The lowest BCUT2D eigenvalue weighted by Crippen LogP contribution is -2.44. The third-order valence-corrected chi connectivity index (χ3v) is 5.18. The molecule has 3 rings (SSSR count). The number of anilines is 1. The smallest absolute Gasteiger partial charge is 0.247 e. The zero-order valence-electron chi connectivity index (χ0n) is 13.9. The van der Waals surface area contributed by atoms with Crippen LogP contribution in [0.3, 0.4) is 0 Å². The summed E-state index contributed by atoms with van der Waals surface area (Å²) in [6.45, 7) is 1.96. The van der Waals surface area contributed by atoms with Gasteiger partial charge >= 0.3 is 0 Å². The van der Waals surface area contributed by atoms with Crippen LogP contribution in [0.2, 0.25) is 0 Å². The fourth-order valence-corrected chi connectivity index (χ4v) is 3.74. The molecule has 8 heteroatoms. The van der Waals surface area contributed by atoms with Crippen molar-refractivity contribution in [3.8, 4) is 0 Å². The molecule has 0 aliphatic carbocycles. The predicted molar refractivity (Wildman–Crippen MR) is 97.4 cm³/mol. The van der Waals surface area contributed by atoms with Crippen LogP contribution in [0.1, 0.15) is 25.3 Å². The fraction of sp³-hybridized carbons (Fsp3) is 0.412. The minimum atomic E-state index is -0.516. The van der Waals surface area contributed by atoms with Crippen molar-refractivity contribution in [3.63, 3.8) is 0 Å². The zero-order valence-corrected chi connectivity index (χ0v) is 14.7. The fourth-order valence-electron chi connectivity index (χ4n) is 2.77. The minimum Gasteiger partial charge on any atom is -0.343 e. The SMILES string of the molecule is CC1CC(=O)NN=C1c1ccc(NC(=O)C2CSCCC(=O)N2)cc1. The van der Waals surface area contributed by atoms with Crippen molar-refractivity contribution in [2.45, 2.75) is 25.8 Å². The number of benzene rings is 1. The summed E-state index contributed by atoms with van der Waals surface area (Å²) in [5, 5.41) is 9.70. The van der Waals surface area contributed by atoms with E-state index in [1.54, 1.807) is 23.9 Å². The quantitative estimate of drug-likeness (QED) is 0.752. The Hall–Kier alpha value is -2.35. The van der Waals surface area contributed by atoms with Crippen LogP contribution in [0.5, 0.6) is 0 Å². The molecule has 2 heterocycles. The lowest BCUT2D eigenvalue weighted by molar-refractivity contribution is -0.125. The molecule has 25 heavy (non-hydrogen) atoms. The molecule has 1 aromatic rings. The van der Waals surface area contributed by atoms with Crippen molar-refractivity contribution >= 4 is 40.9 Å². The number of hydrogen-bond acceptors (Lipinski definition) is 5. The van der Waals surface area contributed by atoms with Gasteiger partial charge in [0.1, 0.15) is 6.04 Å². The second kappa shape index (κ2) is 7.69. The molecule has 2 aliphatic rings. The summed E-state index contributed by atoms with van der Waals surface area (Å²) in [7, 11) is 0. The molecule has 0 radical (unpaired) electrons. The maximum Gasteiger partial charge on any atom is 0.247 e. The highest BCUT2D eigenvalue weighted by molar-refractivity contribution is 7.99. The van der Waals surface area contributed by atoms with Gasteiger partial charge in [-0.1, -0.05) is 19.1 Å². The lowest BCUT2D eigenvalue weighted by atomic mass is 9.94. The highest BCUT2D eigenvalue weighted by Gasteiger charge is 2.24. The first-order chi connectivity index (χ1) is 12.0. The summed E-state index contributed by atoms with van der Waals surface area (Å²) >= 11 is 1.59. The van der Waals surface area contributed by atoms with Crippen LogP contribution in [0.4, 0.5) is 5.69 Å². The van der Waals surface area contributed by atoms with Gasteiger partial charge < -0.3 is 10.6 Å². The van der Waals surface area contributed by atoms with Gasteiger partial charge in [-0.25, -0.2) is 5.43 Å². The van der Waals surface area contributed by atoms with Gasteiger partial charge in [0.25, 0.3) is 0 Å². The average Bonchev–Trinajstić information content (AvgIpc) is 2.80. The number of hydrogen-bond donors (Lipinski definition) is 3. The molecular weight excluding hydrogens is 340 g/mol. The second-order valence-electron chi connectivity index (χ2n) is 6.15. The number of nitrogens with one attached hydrogen (secondary N) is 3. The van der Waals surface area contributed by atoms with E-state index in [9.17, 15) is 14.4 Å². The third-order valence-electron chi connectivity index (χ3n) is 4.12. The summed E-state index contributed by atoms with van der Waals surface area (Å²) in [6.07, 6.45) is 0.857. The molecule has 1 saturated heterocycles. The van der Waals surface area contributed by atoms with Gasteiger partial charge in [-0.15, -0.1) is 0 Å². The largest absolute Gasteiger partial charge is 0.343 e. The Kier molecular flexibility index (Phi) is 5.37. The monoisotopic (exact) mass is 360 g/mol. The van der Waals surface area contributed by atoms with E-state index in [1.807, 2.05) is 19.1 Å². The topological polar surface area (TPSA) is 99.7 Å². The number of nitrogens with zero attached hydrogens (tertiary/aromatic N) is 1. The van der Waals surface area contributed by atoms with Crippen LogP contribution in [0.15, 0.2) is 29.4 Å². The van der Waals surface area contributed by atoms with E-state index in [2.05, 4.69) is 21.2 Å². The van der Waals surface area contributed by atoms with Gasteiger partial charge in [0.05, 0.1) is 5.71 Å². The first kappa shape index (κ1) is 17.5. The van der Waals surface area contributed by atoms with Gasteiger partial charge in [0.15, 0.2) is 0 Å². The lowest BCUT2D eigenvalue weighted by Gasteiger charge is -2.19. The van der Waals surface area contributed by atoms with Crippen LogP contribution in [-0.4, -0.2) is 41.0 Å².